The molecule has 0 aromatic heterocycles. The Balaban J connectivity index is 1.80. The van der Waals surface area contributed by atoms with Crippen molar-refractivity contribution >= 4 is 17.6 Å². The molecule has 1 aliphatic heterocycles. The molecule has 120 valence electrons. The van der Waals surface area contributed by atoms with Crippen molar-refractivity contribution in [3.8, 4) is 16.9 Å². The summed E-state index contributed by atoms with van der Waals surface area (Å²) in [5.41, 5.74) is 1.99. The van der Waals surface area contributed by atoms with Gasteiger partial charge in [0, 0.05) is 23.6 Å². The van der Waals surface area contributed by atoms with Crippen molar-refractivity contribution in [3.63, 3.8) is 0 Å². The van der Waals surface area contributed by atoms with E-state index in [1.165, 1.54) is 7.11 Å². The lowest BCUT2D eigenvalue weighted by atomic mass is 10.0. The number of ether oxygens (including phenoxy) is 2. The molecule has 3 rings (SSSR count). The van der Waals surface area contributed by atoms with Crippen LogP contribution in [0.3, 0.4) is 0 Å². The number of rotatable bonds is 4. The van der Waals surface area contributed by atoms with Crippen LogP contribution in [0, 0.1) is 0 Å². The molecule has 0 saturated carbocycles. The molecule has 1 heterocycles. The Hall–Kier alpha value is -2.04. The van der Waals surface area contributed by atoms with Gasteiger partial charge in [0.15, 0.2) is 0 Å². The van der Waals surface area contributed by atoms with E-state index in [2.05, 4.69) is 5.32 Å². The van der Waals surface area contributed by atoms with Crippen LogP contribution in [0.5, 0.6) is 5.75 Å². The third kappa shape index (κ3) is 3.66. The van der Waals surface area contributed by atoms with Gasteiger partial charge in [-0.25, -0.2) is 0 Å². The smallest absolute Gasteiger partial charge is 0.323 e. The van der Waals surface area contributed by atoms with Crippen LogP contribution in [-0.2, 0) is 9.53 Å². The summed E-state index contributed by atoms with van der Waals surface area (Å²) in [5, 5.41) is 3.78. The number of esters is 1. The van der Waals surface area contributed by atoms with E-state index >= 15 is 0 Å². The van der Waals surface area contributed by atoms with E-state index in [-0.39, 0.29) is 18.1 Å². The van der Waals surface area contributed by atoms with Gasteiger partial charge in [-0.2, -0.15) is 0 Å². The van der Waals surface area contributed by atoms with Gasteiger partial charge >= 0.3 is 5.97 Å². The average Bonchev–Trinajstić information content (AvgIpc) is 3.05. The zero-order valence-electron chi connectivity index (χ0n) is 12.8. The second-order valence-corrected chi connectivity index (χ2v) is 5.90. The quantitative estimate of drug-likeness (QED) is 0.873. The fourth-order valence-corrected chi connectivity index (χ4v) is 2.91. The molecule has 0 amide bonds. The summed E-state index contributed by atoms with van der Waals surface area (Å²) in [7, 11) is 1.39. The number of nitrogens with one attached hydrogen (secondary N) is 1. The minimum Gasteiger partial charge on any atom is -0.488 e. The first-order valence-corrected chi connectivity index (χ1v) is 7.88. The van der Waals surface area contributed by atoms with Crippen molar-refractivity contribution in [1.82, 2.24) is 5.32 Å². The summed E-state index contributed by atoms with van der Waals surface area (Å²) in [4.78, 5) is 11.6. The highest BCUT2D eigenvalue weighted by Crippen LogP contribution is 2.34. The molecule has 0 aliphatic carbocycles. The molecule has 4 nitrogen and oxygen atoms in total. The summed E-state index contributed by atoms with van der Waals surface area (Å²) in [6, 6.07) is 15.2. The van der Waals surface area contributed by atoms with E-state index in [1.807, 2.05) is 48.5 Å². The van der Waals surface area contributed by atoms with Crippen LogP contribution in [0.1, 0.15) is 6.42 Å². The van der Waals surface area contributed by atoms with E-state index in [4.69, 9.17) is 21.1 Å². The monoisotopic (exact) mass is 331 g/mol. The highest BCUT2D eigenvalue weighted by molar-refractivity contribution is 6.31. The Kier molecular flexibility index (Phi) is 4.84. The SMILES string of the molecule is COC(=O)C1CC(Oc2ccc(Cl)cc2-c2ccccc2)CN1. The van der Waals surface area contributed by atoms with E-state index in [0.717, 1.165) is 16.9 Å². The molecule has 1 N–H and O–H groups in total. The summed E-state index contributed by atoms with van der Waals surface area (Å²) >= 11 is 6.14. The highest BCUT2D eigenvalue weighted by atomic mass is 35.5. The molecule has 1 aliphatic rings. The van der Waals surface area contributed by atoms with Crippen LogP contribution in [0.4, 0.5) is 0 Å². The third-order valence-corrected chi connectivity index (χ3v) is 4.13. The van der Waals surface area contributed by atoms with Crippen LogP contribution in [-0.4, -0.2) is 31.8 Å². The number of carbonyl (C=O) groups excluding carboxylic acids is 1. The molecule has 0 spiro atoms. The number of halogens is 1. The van der Waals surface area contributed by atoms with Gasteiger partial charge in [0.2, 0.25) is 0 Å². The number of carbonyl (C=O) groups is 1. The molecule has 0 radical (unpaired) electrons. The fraction of sp³-hybridized carbons (Fsp3) is 0.278. The van der Waals surface area contributed by atoms with Crippen molar-refractivity contribution in [2.45, 2.75) is 18.6 Å². The first kappa shape index (κ1) is 15.8. The third-order valence-electron chi connectivity index (χ3n) is 3.90. The molecular formula is C18H18ClNO3. The lowest BCUT2D eigenvalue weighted by Crippen LogP contribution is -2.31. The van der Waals surface area contributed by atoms with E-state index in [9.17, 15) is 4.79 Å². The van der Waals surface area contributed by atoms with Crippen molar-refractivity contribution in [2.24, 2.45) is 0 Å². The zero-order chi connectivity index (χ0) is 16.2. The van der Waals surface area contributed by atoms with Crippen molar-refractivity contribution in [3.05, 3.63) is 53.6 Å². The van der Waals surface area contributed by atoms with Crippen molar-refractivity contribution in [1.29, 1.82) is 0 Å². The van der Waals surface area contributed by atoms with Crippen LogP contribution in [0.25, 0.3) is 11.1 Å². The second kappa shape index (κ2) is 7.02. The average molecular weight is 332 g/mol. The van der Waals surface area contributed by atoms with E-state index < -0.39 is 0 Å². The van der Waals surface area contributed by atoms with Gasteiger partial charge < -0.3 is 14.8 Å². The van der Waals surface area contributed by atoms with Gasteiger partial charge in [0.1, 0.15) is 17.9 Å². The van der Waals surface area contributed by atoms with Gasteiger partial charge in [0.05, 0.1) is 7.11 Å². The molecular weight excluding hydrogens is 314 g/mol. The molecule has 5 heteroatoms. The Morgan fingerprint density at radius 3 is 2.74 bits per heavy atom. The number of benzene rings is 2. The van der Waals surface area contributed by atoms with Crippen LogP contribution < -0.4 is 10.1 Å². The molecule has 2 atom stereocenters. The first-order valence-electron chi connectivity index (χ1n) is 7.50. The molecule has 2 aromatic carbocycles. The molecule has 23 heavy (non-hydrogen) atoms. The molecule has 1 saturated heterocycles. The first-order chi connectivity index (χ1) is 11.2. The predicted octanol–water partition coefficient (Wildman–Crippen LogP) is 3.29. The largest absolute Gasteiger partial charge is 0.488 e. The minimum absolute atomic E-state index is 0.0808. The zero-order valence-corrected chi connectivity index (χ0v) is 13.5. The Morgan fingerprint density at radius 1 is 1.22 bits per heavy atom. The Bertz CT molecular complexity index is 690. The maximum absolute atomic E-state index is 11.6. The molecule has 2 unspecified atom stereocenters. The number of hydrogen-bond donors (Lipinski definition) is 1. The van der Waals surface area contributed by atoms with Gasteiger partial charge in [-0.15, -0.1) is 0 Å². The van der Waals surface area contributed by atoms with Crippen LogP contribution in [0.15, 0.2) is 48.5 Å². The van der Waals surface area contributed by atoms with Gasteiger partial charge in [-0.1, -0.05) is 41.9 Å². The fourth-order valence-electron chi connectivity index (χ4n) is 2.74. The standard InChI is InChI=1S/C18H18ClNO3/c1-22-18(21)16-10-14(11-20-16)23-17-8-7-13(19)9-15(17)12-5-3-2-4-6-12/h2-9,14,16,20H,10-11H2,1H3. The van der Waals surface area contributed by atoms with Crippen LogP contribution >= 0.6 is 11.6 Å². The molecule has 2 aromatic rings. The van der Waals surface area contributed by atoms with E-state index in [1.54, 1.807) is 0 Å². The highest BCUT2D eigenvalue weighted by Gasteiger charge is 2.31. The number of methoxy groups -OCH3 is 1. The number of hydrogen-bond acceptors (Lipinski definition) is 4. The summed E-state index contributed by atoms with van der Waals surface area (Å²) in [6.45, 7) is 0.608. The van der Waals surface area contributed by atoms with Gasteiger partial charge in [-0.3, -0.25) is 4.79 Å². The summed E-state index contributed by atoms with van der Waals surface area (Å²) in [5.74, 6) is 0.508. The lowest BCUT2D eigenvalue weighted by molar-refractivity contribution is -0.142. The van der Waals surface area contributed by atoms with Gasteiger partial charge in [0.25, 0.3) is 0 Å². The van der Waals surface area contributed by atoms with Crippen molar-refractivity contribution < 1.29 is 14.3 Å². The normalized spacial score (nSPS) is 20.3. The van der Waals surface area contributed by atoms with E-state index in [0.29, 0.717) is 18.0 Å². The molecule has 1 fully saturated rings. The predicted molar refractivity (Wildman–Crippen MR) is 89.7 cm³/mol. The minimum atomic E-state index is -0.308. The lowest BCUT2D eigenvalue weighted by Gasteiger charge is -2.17. The topological polar surface area (TPSA) is 47.6 Å². The van der Waals surface area contributed by atoms with Crippen LogP contribution in [0.2, 0.25) is 5.02 Å². The second-order valence-electron chi connectivity index (χ2n) is 5.47. The molecule has 0 bridgehead atoms. The maximum Gasteiger partial charge on any atom is 0.323 e. The summed E-state index contributed by atoms with van der Waals surface area (Å²) in [6.07, 6.45) is 0.506. The Morgan fingerprint density at radius 2 is 2.00 bits per heavy atom. The summed E-state index contributed by atoms with van der Waals surface area (Å²) < 4.78 is 10.9. The van der Waals surface area contributed by atoms with Crippen molar-refractivity contribution in [2.75, 3.05) is 13.7 Å². The van der Waals surface area contributed by atoms with Gasteiger partial charge in [-0.05, 0) is 23.8 Å². The maximum atomic E-state index is 11.6. The Labute approximate surface area is 140 Å².